The van der Waals surface area contributed by atoms with Crippen LogP contribution in [0.25, 0.3) is 11.1 Å². The van der Waals surface area contributed by atoms with Crippen molar-refractivity contribution >= 4 is 12.1 Å². The van der Waals surface area contributed by atoms with Crippen molar-refractivity contribution < 1.29 is 19.4 Å². The number of benzene rings is 2. The molecule has 2 aromatic carbocycles. The zero-order valence-electron chi connectivity index (χ0n) is 14.9. The largest absolute Gasteiger partial charge is 0.481 e. The van der Waals surface area contributed by atoms with Crippen LogP contribution in [-0.4, -0.2) is 40.8 Å². The Labute approximate surface area is 157 Å². The van der Waals surface area contributed by atoms with E-state index in [2.05, 4.69) is 24.3 Å². The molecule has 5 rings (SSSR count). The Morgan fingerprint density at radius 3 is 2.15 bits per heavy atom. The second-order valence-corrected chi connectivity index (χ2v) is 7.76. The number of hydrogen-bond donors (Lipinski definition) is 1. The molecule has 1 spiro atoms. The van der Waals surface area contributed by atoms with Gasteiger partial charge in [-0.3, -0.25) is 4.79 Å². The van der Waals surface area contributed by atoms with E-state index in [9.17, 15) is 14.7 Å². The number of carbonyl (C=O) groups is 2. The molecule has 27 heavy (non-hydrogen) atoms. The van der Waals surface area contributed by atoms with Gasteiger partial charge in [0.05, 0.1) is 11.5 Å². The van der Waals surface area contributed by atoms with Crippen molar-refractivity contribution in [3.05, 3.63) is 59.7 Å². The second kappa shape index (κ2) is 5.84. The van der Waals surface area contributed by atoms with E-state index in [1.807, 2.05) is 24.3 Å². The molecule has 1 saturated heterocycles. The highest BCUT2D eigenvalue weighted by molar-refractivity contribution is 5.81. The fourth-order valence-electron chi connectivity index (χ4n) is 5.00. The molecule has 0 radical (unpaired) electrons. The zero-order valence-corrected chi connectivity index (χ0v) is 14.9. The molecule has 0 bridgehead atoms. The molecule has 5 heteroatoms. The minimum Gasteiger partial charge on any atom is -0.481 e. The molecule has 1 amide bonds. The van der Waals surface area contributed by atoms with E-state index in [0.717, 1.165) is 19.3 Å². The number of ether oxygens (including phenoxy) is 1. The maximum atomic E-state index is 12.7. The number of carboxylic acid groups (broad SMARTS) is 1. The van der Waals surface area contributed by atoms with Gasteiger partial charge in [0.2, 0.25) is 0 Å². The number of carbonyl (C=O) groups excluding carboxylic acids is 1. The normalized spacial score (nSPS) is 21.8. The standard InChI is InChI=1S/C22H21NO4/c24-20(25)19-12-23(22(19)10-5-11-22)21(26)27-13-18-16-8-3-1-6-14(16)15-7-2-4-9-17(15)18/h1-4,6-9,18-19H,5,10-13H2,(H,24,25). The topological polar surface area (TPSA) is 66.8 Å². The lowest BCUT2D eigenvalue weighted by molar-refractivity contribution is -0.171. The van der Waals surface area contributed by atoms with E-state index < -0.39 is 17.4 Å². The highest BCUT2D eigenvalue weighted by atomic mass is 16.6. The Balaban J connectivity index is 1.34. The van der Waals surface area contributed by atoms with Crippen LogP contribution in [-0.2, 0) is 9.53 Å². The Hall–Kier alpha value is -2.82. The van der Waals surface area contributed by atoms with Crippen molar-refractivity contribution in [1.29, 1.82) is 0 Å². The summed E-state index contributed by atoms with van der Waals surface area (Å²) in [6.07, 6.45) is 2.10. The number of hydrogen-bond acceptors (Lipinski definition) is 3. The summed E-state index contributed by atoms with van der Waals surface area (Å²) in [6, 6.07) is 16.5. The molecule has 1 atom stereocenters. The summed E-state index contributed by atoms with van der Waals surface area (Å²) in [5, 5.41) is 9.38. The van der Waals surface area contributed by atoms with E-state index >= 15 is 0 Å². The van der Waals surface area contributed by atoms with Crippen LogP contribution in [0.4, 0.5) is 4.79 Å². The molecule has 138 valence electrons. The molecule has 1 saturated carbocycles. The first-order valence-electron chi connectivity index (χ1n) is 9.47. The molecule has 1 unspecified atom stereocenters. The first-order valence-corrected chi connectivity index (χ1v) is 9.47. The van der Waals surface area contributed by atoms with Gasteiger partial charge in [-0.15, -0.1) is 0 Å². The van der Waals surface area contributed by atoms with Crippen molar-refractivity contribution in [2.45, 2.75) is 30.7 Å². The van der Waals surface area contributed by atoms with Gasteiger partial charge in [-0.05, 0) is 41.5 Å². The van der Waals surface area contributed by atoms with Crippen LogP contribution in [0.5, 0.6) is 0 Å². The third kappa shape index (κ3) is 2.24. The van der Waals surface area contributed by atoms with Gasteiger partial charge in [0.25, 0.3) is 0 Å². The van der Waals surface area contributed by atoms with Gasteiger partial charge in [-0.25, -0.2) is 4.79 Å². The van der Waals surface area contributed by atoms with E-state index in [-0.39, 0.29) is 25.2 Å². The first-order chi connectivity index (χ1) is 13.1. The summed E-state index contributed by atoms with van der Waals surface area (Å²) in [6.45, 7) is 0.531. The first kappa shape index (κ1) is 16.4. The van der Waals surface area contributed by atoms with E-state index in [1.54, 1.807) is 4.90 Å². The molecule has 3 aliphatic rings. The lowest BCUT2D eigenvalue weighted by Gasteiger charge is -2.61. The molecule has 0 aromatic heterocycles. The molecular weight excluding hydrogens is 342 g/mol. The van der Waals surface area contributed by atoms with Crippen LogP contribution in [0.3, 0.4) is 0 Å². The number of nitrogens with zero attached hydrogens (tertiary/aromatic N) is 1. The van der Waals surface area contributed by atoms with Gasteiger partial charge in [0, 0.05) is 12.5 Å². The molecule has 1 aliphatic heterocycles. The number of likely N-dealkylation sites (tertiary alicyclic amines) is 1. The van der Waals surface area contributed by atoms with Crippen LogP contribution in [0.15, 0.2) is 48.5 Å². The molecule has 1 heterocycles. The predicted octanol–water partition coefficient (Wildman–Crippen LogP) is 3.87. The Bertz CT molecular complexity index is 888. The van der Waals surface area contributed by atoms with Crippen molar-refractivity contribution in [2.75, 3.05) is 13.2 Å². The summed E-state index contributed by atoms with van der Waals surface area (Å²) in [5.41, 5.74) is 4.24. The molecule has 1 N–H and O–H groups in total. The summed E-state index contributed by atoms with van der Waals surface area (Å²) < 4.78 is 5.70. The lowest BCUT2D eigenvalue weighted by atomic mass is 9.61. The minimum atomic E-state index is -0.808. The SMILES string of the molecule is O=C(O)C1CN(C(=O)OCC2c3ccccc3-c3ccccc32)C12CCC2. The fraction of sp³-hybridized carbons (Fsp3) is 0.364. The monoisotopic (exact) mass is 363 g/mol. The maximum Gasteiger partial charge on any atom is 0.410 e. The Morgan fingerprint density at radius 1 is 1.04 bits per heavy atom. The van der Waals surface area contributed by atoms with Crippen molar-refractivity contribution in [3.8, 4) is 11.1 Å². The highest BCUT2D eigenvalue weighted by Crippen LogP contribution is 2.51. The van der Waals surface area contributed by atoms with Gasteiger partial charge in [-0.1, -0.05) is 48.5 Å². The van der Waals surface area contributed by atoms with Gasteiger partial charge in [0.1, 0.15) is 6.61 Å². The van der Waals surface area contributed by atoms with Crippen molar-refractivity contribution in [1.82, 2.24) is 4.90 Å². The summed E-state index contributed by atoms with van der Waals surface area (Å²) in [7, 11) is 0. The van der Waals surface area contributed by atoms with Gasteiger partial charge in [-0.2, -0.15) is 0 Å². The number of rotatable bonds is 3. The summed E-state index contributed by atoms with van der Waals surface area (Å²) >= 11 is 0. The van der Waals surface area contributed by atoms with Gasteiger partial charge in [0.15, 0.2) is 0 Å². The number of aliphatic carboxylic acids is 1. The van der Waals surface area contributed by atoms with E-state index in [1.165, 1.54) is 22.3 Å². The Morgan fingerprint density at radius 2 is 1.63 bits per heavy atom. The van der Waals surface area contributed by atoms with Gasteiger partial charge >= 0.3 is 12.1 Å². The van der Waals surface area contributed by atoms with Crippen LogP contribution in [0, 0.1) is 5.92 Å². The third-order valence-electron chi connectivity index (χ3n) is 6.63. The molecule has 2 aromatic rings. The van der Waals surface area contributed by atoms with Crippen LogP contribution < -0.4 is 0 Å². The second-order valence-electron chi connectivity index (χ2n) is 7.76. The quantitative estimate of drug-likeness (QED) is 0.899. The molecule has 5 nitrogen and oxygen atoms in total. The third-order valence-corrected chi connectivity index (χ3v) is 6.63. The molecule has 2 aliphatic carbocycles. The van der Waals surface area contributed by atoms with Crippen molar-refractivity contribution in [2.24, 2.45) is 5.92 Å². The number of carboxylic acids is 1. The smallest absolute Gasteiger partial charge is 0.410 e. The summed E-state index contributed by atoms with van der Waals surface area (Å²) in [4.78, 5) is 25.8. The Kier molecular flexibility index (Phi) is 3.54. The minimum absolute atomic E-state index is 0.0234. The fourth-order valence-corrected chi connectivity index (χ4v) is 5.00. The number of amides is 1. The van der Waals surface area contributed by atoms with E-state index in [0.29, 0.717) is 0 Å². The molecular formula is C22H21NO4. The lowest BCUT2D eigenvalue weighted by Crippen LogP contribution is -2.74. The van der Waals surface area contributed by atoms with Crippen LogP contribution >= 0.6 is 0 Å². The van der Waals surface area contributed by atoms with Gasteiger partial charge < -0.3 is 14.7 Å². The average Bonchev–Trinajstić information content (AvgIpc) is 2.91. The van der Waals surface area contributed by atoms with Crippen LogP contribution in [0.2, 0.25) is 0 Å². The highest BCUT2D eigenvalue weighted by Gasteiger charge is 2.62. The average molecular weight is 363 g/mol. The van der Waals surface area contributed by atoms with Crippen LogP contribution in [0.1, 0.15) is 36.3 Å². The van der Waals surface area contributed by atoms with E-state index in [4.69, 9.17) is 4.74 Å². The summed E-state index contributed by atoms with van der Waals surface area (Å²) in [5.74, 6) is -1.24. The zero-order chi connectivity index (χ0) is 18.6. The predicted molar refractivity (Wildman–Crippen MR) is 99.5 cm³/mol. The number of fused-ring (bicyclic) bond motifs is 3. The van der Waals surface area contributed by atoms with Crippen molar-refractivity contribution in [3.63, 3.8) is 0 Å². The molecule has 2 fully saturated rings. The maximum absolute atomic E-state index is 12.7.